The van der Waals surface area contributed by atoms with Crippen LogP contribution in [-0.4, -0.2) is 0 Å². The lowest BCUT2D eigenvalue weighted by Crippen LogP contribution is -2.30. The number of furan rings is 1. The second-order valence-corrected chi connectivity index (χ2v) is 8.33. The topological polar surface area (TPSA) is 17.0 Å². The van der Waals surface area contributed by atoms with Crippen molar-refractivity contribution in [3.05, 3.63) is 103 Å². The molecule has 0 aliphatic rings. The SMILES string of the molecule is Cc1ccc2c(oc3cc(-c4ccc5ccccc5c4)cc(F)c32)c1-c1cccc[n+]1C. The fourth-order valence-electron chi connectivity index (χ4n) is 4.65. The van der Waals surface area contributed by atoms with Crippen LogP contribution in [-0.2, 0) is 7.05 Å². The quantitative estimate of drug-likeness (QED) is 0.269. The average Bonchev–Trinajstić information content (AvgIpc) is 3.18. The number of aryl methyl sites for hydroxylation is 2. The molecule has 2 heterocycles. The normalized spacial score (nSPS) is 11.6. The Labute approximate surface area is 185 Å². The van der Waals surface area contributed by atoms with Crippen LogP contribution < -0.4 is 4.57 Å². The van der Waals surface area contributed by atoms with Crippen molar-refractivity contribution in [1.29, 1.82) is 0 Å². The van der Waals surface area contributed by atoms with Gasteiger partial charge in [-0.2, -0.15) is 0 Å². The Morgan fingerprint density at radius 3 is 2.44 bits per heavy atom. The molecule has 0 N–H and O–H groups in total. The number of hydrogen-bond acceptors (Lipinski definition) is 1. The van der Waals surface area contributed by atoms with E-state index < -0.39 is 0 Å². The van der Waals surface area contributed by atoms with Crippen molar-refractivity contribution in [3.63, 3.8) is 0 Å². The van der Waals surface area contributed by atoms with Crippen molar-refractivity contribution in [2.75, 3.05) is 0 Å². The molecule has 2 nitrogen and oxygen atoms in total. The smallest absolute Gasteiger partial charge is 0.216 e. The van der Waals surface area contributed by atoms with Crippen molar-refractivity contribution in [3.8, 4) is 22.4 Å². The van der Waals surface area contributed by atoms with E-state index in [1.165, 1.54) is 0 Å². The molecule has 0 fully saturated rings. The summed E-state index contributed by atoms with van der Waals surface area (Å²) in [5, 5.41) is 3.62. The van der Waals surface area contributed by atoms with Gasteiger partial charge < -0.3 is 4.42 Å². The van der Waals surface area contributed by atoms with Gasteiger partial charge in [0.05, 0.1) is 10.9 Å². The molecule has 3 heteroatoms. The van der Waals surface area contributed by atoms with Gasteiger partial charge in [0.15, 0.2) is 6.20 Å². The maximum absolute atomic E-state index is 15.5. The molecule has 2 aromatic heterocycles. The lowest BCUT2D eigenvalue weighted by molar-refractivity contribution is -0.660. The van der Waals surface area contributed by atoms with Crippen LogP contribution in [0.2, 0.25) is 0 Å². The molecule has 0 aliphatic heterocycles. The maximum atomic E-state index is 15.5. The Morgan fingerprint density at radius 1 is 0.781 bits per heavy atom. The van der Waals surface area contributed by atoms with Crippen LogP contribution in [0.15, 0.2) is 95.5 Å². The molecular weight excluding hydrogens is 397 g/mol. The van der Waals surface area contributed by atoms with E-state index in [1.54, 1.807) is 6.07 Å². The zero-order chi connectivity index (χ0) is 21.8. The van der Waals surface area contributed by atoms with Crippen LogP contribution in [0.4, 0.5) is 4.39 Å². The molecule has 32 heavy (non-hydrogen) atoms. The van der Waals surface area contributed by atoms with Gasteiger partial charge in [0.1, 0.15) is 24.0 Å². The molecule has 154 valence electrons. The third-order valence-corrected chi connectivity index (χ3v) is 6.30. The molecule has 0 atom stereocenters. The van der Waals surface area contributed by atoms with Gasteiger partial charge in [-0.15, -0.1) is 0 Å². The highest BCUT2D eigenvalue weighted by molar-refractivity contribution is 6.10. The van der Waals surface area contributed by atoms with Gasteiger partial charge in [0, 0.05) is 17.5 Å². The number of fused-ring (bicyclic) bond motifs is 4. The Kier molecular flexibility index (Phi) is 4.12. The summed E-state index contributed by atoms with van der Waals surface area (Å²) >= 11 is 0. The van der Waals surface area contributed by atoms with Crippen molar-refractivity contribution in [2.45, 2.75) is 6.92 Å². The first-order chi connectivity index (χ1) is 15.6. The van der Waals surface area contributed by atoms with Crippen LogP contribution in [0.1, 0.15) is 5.56 Å². The van der Waals surface area contributed by atoms with Gasteiger partial charge in [0.25, 0.3) is 0 Å². The van der Waals surface area contributed by atoms with E-state index in [0.717, 1.165) is 49.7 Å². The molecule has 0 bridgehead atoms. The summed E-state index contributed by atoms with van der Waals surface area (Å²) < 4.78 is 23.9. The Hall–Kier alpha value is -3.98. The predicted octanol–water partition coefficient (Wildman–Crippen LogP) is 7.35. The minimum absolute atomic E-state index is 0.267. The molecule has 0 amide bonds. The molecule has 6 aromatic rings. The average molecular weight is 418 g/mol. The van der Waals surface area contributed by atoms with Crippen LogP contribution in [0.5, 0.6) is 0 Å². The Bertz CT molecular complexity index is 1660. The van der Waals surface area contributed by atoms with Gasteiger partial charge in [-0.25, -0.2) is 8.96 Å². The molecule has 0 radical (unpaired) electrons. The highest BCUT2D eigenvalue weighted by Crippen LogP contribution is 2.39. The summed E-state index contributed by atoms with van der Waals surface area (Å²) in [4.78, 5) is 0. The predicted molar refractivity (Wildman–Crippen MR) is 128 cm³/mol. The molecule has 0 saturated heterocycles. The molecule has 0 unspecified atom stereocenters. The summed E-state index contributed by atoms with van der Waals surface area (Å²) in [6.45, 7) is 2.06. The van der Waals surface area contributed by atoms with E-state index in [0.29, 0.717) is 11.0 Å². The van der Waals surface area contributed by atoms with Crippen molar-refractivity contribution in [1.82, 2.24) is 0 Å². The van der Waals surface area contributed by atoms with E-state index in [1.807, 2.05) is 61.8 Å². The van der Waals surface area contributed by atoms with E-state index >= 15 is 4.39 Å². The highest BCUT2D eigenvalue weighted by Gasteiger charge is 2.22. The van der Waals surface area contributed by atoms with E-state index in [-0.39, 0.29) is 5.82 Å². The number of rotatable bonds is 2. The van der Waals surface area contributed by atoms with Crippen LogP contribution in [0, 0.1) is 12.7 Å². The summed E-state index contributed by atoms with van der Waals surface area (Å²) in [7, 11) is 2.01. The summed E-state index contributed by atoms with van der Waals surface area (Å²) in [6, 6.07) is 28.0. The zero-order valence-electron chi connectivity index (χ0n) is 17.9. The first-order valence-electron chi connectivity index (χ1n) is 10.7. The van der Waals surface area contributed by atoms with Gasteiger partial charge in [-0.05, 0) is 58.7 Å². The monoisotopic (exact) mass is 418 g/mol. The lowest BCUT2D eigenvalue weighted by atomic mass is 9.98. The summed E-state index contributed by atoms with van der Waals surface area (Å²) in [5.74, 6) is -0.267. The molecule has 0 saturated carbocycles. The fourth-order valence-corrected chi connectivity index (χ4v) is 4.65. The molecule has 0 spiro atoms. The number of benzene rings is 4. The fraction of sp³-hybridized carbons (Fsp3) is 0.0690. The first kappa shape index (κ1) is 18.8. The summed E-state index contributed by atoms with van der Waals surface area (Å²) in [6.07, 6.45) is 2.01. The minimum atomic E-state index is -0.267. The molecule has 4 aromatic carbocycles. The van der Waals surface area contributed by atoms with Gasteiger partial charge in [-0.3, -0.25) is 0 Å². The van der Waals surface area contributed by atoms with Crippen molar-refractivity contribution in [2.24, 2.45) is 7.05 Å². The van der Waals surface area contributed by atoms with Crippen LogP contribution in [0.3, 0.4) is 0 Å². The van der Waals surface area contributed by atoms with Crippen molar-refractivity contribution < 1.29 is 13.4 Å². The lowest BCUT2D eigenvalue weighted by Gasteiger charge is -2.05. The van der Waals surface area contributed by atoms with Crippen LogP contribution >= 0.6 is 0 Å². The Morgan fingerprint density at radius 2 is 1.59 bits per heavy atom. The first-order valence-corrected chi connectivity index (χ1v) is 10.7. The second kappa shape index (κ2) is 7.03. The number of nitrogens with zero attached hydrogens (tertiary/aromatic N) is 1. The van der Waals surface area contributed by atoms with Gasteiger partial charge >= 0.3 is 0 Å². The minimum Gasteiger partial charge on any atom is -0.455 e. The van der Waals surface area contributed by atoms with Gasteiger partial charge in [-0.1, -0.05) is 48.5 Å². The molecule has 0 aliphatic carbocycles. The number of pyridine rings is 1. The largest absolute Gasteiger partial charge is 0.455 e. The summed E-state index contributed by atoms with van der Waals surface area (Å²) in [5.41, 5.74) is 6.18. The number of aromatic nitrogens is 1. The van der Waals surface area contributed by atoms with E-state index in [2.05, 4.69) is 41.8 Å². The number of hydrogen-bond donors (Lipinski definition) is 0. The second-order valence-electron chi connectivity index (χ2n) is 8.33. The van der Waals surface area contributed by atoms with Crippen molar-refractivity contribution >= 4 is 32.7 Å². The van der Waals surface area contributed by atoms with Gasteiger partial charge in [0.2, 0.25) is 5.69 Å². The maximum Gasteiger partial charge on any atom is 0.216 e. The Balaban J connectivity index is 1.62. The third kappa shape index (κ3) is 2.82. The number of halogens is 1. The highest BCUT2D eigenvalue weighted by atomic mass is 19.1. The van der Waals surface area contributed by atoms with Crippen LogP contribution in [0.25, 0.3) is 55.1 Å². The third-order valence-electron chi connectivity index (χ3n) is 6.30. The van der Waals surface area contributed by atoms with E-state index in [9.17, 15) is 0 Å². The van der Waals surface area contributed by atoms with E-state index in [4.69, 9.17) is 4.42 Å². The zero-order valence-corrected chi connectivity index (χ0v) is 17.9. The standard InChI is InChI=1S/C29H21FNO/c1-18-10-13-23-28-24(30)16-22(21-12-11-19-7-3-4-8-20(19)15-21)17-26(28)32-29(23)27(18)25-9-5-6-14-31(25)2/h3-17H,1-2H3/q+1. The molecular formula is C29H21FNO+. The molecule has 6 rings (SSSR count).